The Hall–Kier alpha value is -3.77. The van der Waals surface area contributed by atoms with Crippen LogP contribution in [0.15, 0.2) is 85.2 Å². The molecule has 4 rings (SSSR count). The summed E-state index contributed by atoms with van der Waals surface area (Å²) in [5, 5.41) is 9.42. The number of hydrogen-bond donors (Lipinski definition) is 0. The van der Waals surface area contributed by atoms with Gasteiger partial charge in [-0.15, -0.1) is 0 Å². The number of benzene rings is 2. The Balaban J connectivity index is 1.95. The summed E-state index contributed by atoms with van der Waals surface area (Å²) in [6.45, 7) is 0. The van der Waals surface area contributed by atoms with Crippen molar-refractivity contribution in [3.8, 4) is 39.7 Å². The summed E-state index contributed by atoms with van der Waals surface area (Å²) in [5.41, 5.74) is 5.97. The minimum atomic E-state index is 0.637. The van der Waals surface area contributed by atoms with Crippen molar-refractivity contribution in [1.29, 1.82) is 5.26 Å². The van der Waals surface area contributed by atoms with Crippen molar-refractivity contribution in [3.05, 3.63) is 96.8 Å². The van der Waals surface area contributed by atoms with Gasteiger partial charge in [-0.2, -0.15) is 5.26 Å². The molecule has 26 heavy (non-hydrogen) atoms. The van der Waals surface area contributed by atoms with Gasteiger partial charge in [-0.25, -0.2) is 0 Å². The average Bonchev–Trinajstić information content (AvgIpc) is 2.74. The lowest BCUT2D eigenvalue weighted by atomic mass is 9.93. The van der Waals surface area contributed by atoms with Gasteiger partial charge in [-0.3, -0.25) is 9.97 Å². The quantitative estimate of drug-likeness (QED) is 0.521. The van der Waals surface area contributed by atoms with Gasteiger partial charge in [0.2, 0.25) is 0 Å². The molecule has 0 saturated heterocycles. The molecule has 3 nitrogen and oxygen atoms in total. The molecule has 0 unspecified atom stereocenters. The van der Waals surface area contributed by atoms with Gasteiger partial charge in [0.25, 0.3) is 0 Å². The van der Waals surface area contributed by atoms with E-state index in [1.807, 2.05) is 66.7 Å². The van der Waals surface area contributed by atoms with E-state index in [9.17, 15) is 5.26 Å². The zero-order chi connectivity index (χ0) is 17.8. The van der Waals surface area contributed by atoms with E-state index in [0.29, 0.717) is 5.56 Å². The van der Waals surface area contributed by atoms with Gasteiger partial charge in [-0.05, 0) is 59.7 Å². The van der Waals surface area contributed by atoms with E-state index in [1.54, 1.807) is 12.4 Å². The lowest BCUT2D eigenvalue weighted by Crippen LogP contribution is -1.92. The van der Waals surface area contributed by atoms with Crippen molar-refractivity contribution >= 4 is 0 Å². The molecule has 2 heterocycles. The molecule has 0 amide bonds. The molecule has 2 aromatic carbocycles. The van der Waals surface area contributed by atoms with Gasteiger partial charge in [0.1, 0.15) is 0 Å². The summed E-state index contributed by atoms with van der Waals surface area (Å²) < 4.78 is 0. The Morgan fingerprint density at radius 1 is 0.769 bits per heavy atom. The molecule has 0 saturated carbocycles. The van der Waals surface area contributed by atoms with E-state index in [0.717, 1.165) is 33.6 Å². The fourth-order valence-electron chi connectivity index (χ4n) is 2.93. The monoisotopic (exact) mass is 332 g/mol. The van der Waals surface area contributed by atoms with E-state index >= 15 is 0 Å². The van der Waals surface area contributed by atoms with Gasteiger partial charge in [-0.1, -0.05) is 30.3 Å². The molecule has 0 aliphatic heterocycles. The third-order valence-corrected chi connectivity index (χ3v) is 4.16. The lowest BCUT2D eigenvalue weighted by Gasteiger charge is -2.12. The first-order chi connectivity index (χ1) is 12.9. The normalized spacial score (nSPS) is 10.3. The first kappa shape index (κ1) is 15.7. The largest absolute Gasteiger partial charge is 0.256 e. The van der Waals surface area contributed by atoms with Gasteiger partial charge < -0.3 is 0 Å². The van der Waals surface area contributed by atoms with Gasteiger partial charge in [0.05, 0.1) is 23.0 Å². The van der Waals surface area contributed by atoms with Crippen LogP contribution in [0.2, 0.25) is 0 Å². The highest BCUT2D eigenvalue weighted by molar-refractivity contribution is 5.85. The van der Waals surface area contributed by atoms with Gasteiger partial charge >= 0.3 is 0 Å². The highest BCUT2D eigenvalue weighted by Crippen LogP contribution is 2.34. The Labute approximate surface area is 152 Å². The molecule has 0 aliphatic carbocycles. The van der Waals surface area contributed by atoms with Crippen LogP contribution in [0.25, 0.3) is 33.6 Å². The van der Waals surface area contributed by atoms with E-state index in [-0.39, 0.29) is 0 Å². The highest BCUT2D eigenvalue weighted by Gasteiger charge is 2.13. The van der Waals surface area contributed by atoms with Crippen LogP contribution in [0.4, 0.5) is 0 Å². The summed E-state index contributed by atoms with van der Waals surface area (Å²) in [6.07, 6.45) is 3.54. The number of hydrogen-bond acceptors (Lipinski definition) is 3. The first-order valence-electron chi connectivity index (χ1n) is 8.25. The van der Waals surface area contributed by atoms with Crippen LogP contribution in [0.3, 0.4) is 0 Å². The molecule has 0 bridgehead atoms. The standard InChI is InChI=1S/C23H14N3/c24-16-18-7-1-2-8-19(18)17-11-12-20(22-9-3-5-13-25-22)21(15-17)23-10-4-6-14-26-23/h1-11,13-15H. The fourth-order valence-corrected chi connectivity index (χ4v) is 2.93. The summed E-state index contributed by atoms with van der Waals surface area (Å²) >= 11 is 0. The molecule has 0 atom stereocenters. The molecule has 0 N–H and O–H groups in total. The summed E-state index contributed by atoms with van der Waals surface area (Å²) in [5.74, 6) is 0. The summed E-state index contributed by atoms with van der Waals surface area (Å²) in [4.78, 5) is 8.96. The van der Waals surface area contributed by atoms with Crippen LogP contribution >= 0.6 is 0 Å². The molecule has 2 aromatic heterocycles. The maximum atomic E-state index is 9.42. The van der Waals surface area contributed by atoms with Crippen LogP contribution in [0.1, 0.15) is 5.56 Å². The number of rotatable bonds is 3. The van der Waals surface area contributed by atoms with Crippen LogP contribution in [-0.4, -0.2) is 9.97 Å². The predicted octanol–water partition coefficient (Wildman–Crippen LogP) is 5.15. The number of pyridine rings is 2. The zero-order valence-corrected chi connectivity index (χ0v) is 13.9. The second-order valence-corrected chi connectivity index (χ2v) is 5.76. The molecule has 0 spiro atoms. The van der Waals surface area contributed by atoms with E-state index in [2.05, 4.69) is 28.2 Å². The first-order valence-corrected chi connectivity index (χ1v) is 8.25. The Morgan fingerprint density at radius 2 is 1.46 bits per heavy atom. The Bertz CT molecular complexity index is 1080. The minimum absolute atomic E-state index is 0.637. The van der Waals surface area contributed by atoms with Gasteiger partial charge in [0, 0.05) is 23.5 Å². The fraction of sp³-hybridized carbons (Fsp3) is 0. The molecule has 0 aliphatic rings. The second-order valence-electron chi connectivity index (χ2n) is 5.76. The minimum Gasteiger partial charge on any atom is -0.256 e. The predicted molar refractivity (Wildman–Crippen MR) is 102 cm³/mol. The van der Waals surface area contributed by atoms with Crippen LogP contribution < -0.4 is 0 Å². The SMILES string of the molecule is N#Cc1ccccc1-c1c[c]c(-c2ccccn2)c(-c2ccccn2)c1. The van der Waals surface area contributed by atoms with Crippen molar-refractivity contribution in [3.63, 3.8) is 0 Å². The molecule has 121 valence electrons. The molecule has 4 aromatic rings. The summed E-state index contributed by atoms with van der Waals surface area (Å²) in [7, 11) is 0. The van der Waals surface area contributed by atoms with Crippen LogP contribution in [-0.2, 0) is 0 Å². The third kappa shape index (κ3) is 2.97. The topological polar surface area (TPSA) is 49.6 Å². The number of aromatic nitrogens is 2. The van der Waals surface area contributed by atoms with Gasteiger partial charge in [0.15, 0.2) is 0 Å². The lowest BCUT2D eigenvalue weighted by molar-refractivity contribution is 1.30. The average molecular weight is 332 g/mol. The van der Waals surface area contributed by atoms with Crippen LogP contribution in [0.5, 0.6) is 0 Å². The molecule has 3 heteroatoms. The second kappa shape index (κ2) is 7.00. The Kier molecular flexibility index (Phi) is 4.24. The zero-order valence-electron chi connectivity index (χ0n) is 13.9. The van der Waals surface area contributed by atoms with E-state index in [1.165, 1.54) is 0 Å². The maximum Gasteiger partial charge on any atom is 0.0998 e. The molecular weight excluding hydrogens is 318 g/mol. The van der Waals surface area contributed by atoms with E-state index in [4.69, 9.17) is 0 Å². The van der Waals surface area contributed by atoms with Crippen molar-refractivity contribution in [1.82, 2.24) is 9.97 Å². The van der Waals surface area contributed by atoms with E-state index < -0.39 is 0 Å². The smallest absolute Gasteiger partial charge is 0.0998 e. The highest BCUT2D eigenvalue weighted by atomic mass is 14.7. The van der Waals surface area contributed by atoms with Crippen molar-refractivity contribution < 1.29 is 0 Å². The maximum absolute atomic E-state index is 9.42. The number of nitriles is 1. The molecular formula is C23H14N3. The third-order valence-electron chi connectivity index (χ3n) is 4.16. The Morgan fingerprint density at radius 3 is 2.15 bits per heavy atom. The molecule has 1 radical (unpaired) electrons. The van der Waals surface area contributed by atoms with Crippen molar-refractivity contribution in [2.45, 2.75) is 0 Å². The summed E-state index contributed by atoms with van der Waals surface area (Å²) in [6, 6.07) is 28.8. The molecule has 0 fully saturated rings. The number of nitrogens with zero attached hydrogens (tertiary/aromatic N) is 3. The van der Waals surface area contributed by atoms with Crippen molar-refractivity contribution in [2.75, 3.05) is 0 Å². The van der Waals surface area contributed by atoms with Crippen LogP contribution in [0, 0.1) is 17.4 Å². The van der Waals surface area contributed by atoms with Crippen molar-refractivity contribution in [2.24, 2.45) is 0 Å².